The smallest absolute Gasteiger partial charge is 0.0628 e. The number of aliphatic hydroxyl groups excluding tert-OH is 1. The average molecular weight is 282 g/mol. The van der Waals surface area contributed by atoms with Crippen LogP contribution < -0.4 is 5.32 Å². The topological polar surface area (TPSA) is 35.5 Å². The predicted molar refractivity (Wildman–Crippen MR) is 84.9 cm³/mol. The van der Waals surface area contributed by atoms with Crippen LogP contribution in [0.4, 0.5) is 0 Å². The molecule has 1 saturated heterocycles. The standard InChI is InChI=1S/C17H34N2O/c1-3-6-15-7-5-11-19(12-10-15)13-17(14-20,18-4-2)16-8-9-16/h15-16,18,20H,3-14H2,1-2H3. The SMILES string of the molecule is CCCC1CCCN(CC(CO)(NCC)C2CC2)CC1. The molecule has 2 N–H and O–H groups in total. The van der Waals surface area contributed by atoms with E-state index in [9.17, 15) is 5.11 Å². The molecular weight excluding hydrogens is 248 g/mol. The van der Waals surface area contributed by atoms with Crippen molar-refractivity contribution < 1.29 is 5.11 Å². The third-order valence-corrected chi connectivity index (χ3v) is 5.31. The molecule has 0 aromatic carbocycles. The van der Waals surface area contributed by atoms with E-state index in [1.54, 1.807) is 0 Å². The first-order chi connectivity index (χ1) is 9.74. The molecule has 0 radical (unpaired) electrons. The van der Waals surface area contributed by atoms with Crippen molar-refractivity contribution >= 4 is 0 Å². The third kappa shape index (κ3) is 4.19. The lowest BCUT2D eigenvalue weighted by Crippen LogP contribution is -2.58. The van der Waals surface area contributed by atoms with Gasteiger partial charge in [-0.05, 0) is 63.6 Å². The maximum atomic E-state index is 9.97. The monoisotopic (exact) mass is 282 g/mol. The quantitative estimate of drug-likeness (QED) is 0.718. The molecule has 3 heteroatoms. The zero-order chi connectivity index (χ0) is 14.4. The number of nitrogens with zero attached hydrogens (tertiary/aromatic N) is 1. The summed E-state index contributed by atoms with van der Waals surface area (Å²) in [6.07, 6.45) is 9.40. The summed E-state index contributed by atoms with van der Waals surface area (Å²) in [5.74, 6) is 1.63. The van der Waals surface area contributed by atoms with E-state index < -0.39 is 0 Å². The van der Waals surface area contributed by atoms with E-state index in [1.165, 1.54) is 58.0 Å². The normalized spacial score (nSPS) is 28.1. The van der Waals surface area contributed by atoms with Crippen LogP contribution in [0.25, 0.3) is 0 Å². The van der Waals surface area contributed by atoms with Gasteiger partial charge in [0.15, 0.2) is 0 Å². The largest absolute Gasteiger partial charge is 0.394 e. The van der Waals surface area contributed by atoms with Gasteiger partial charge in [-0.2, -0.15) is 0 Å². The molecule has 20 heavy (non-hydrogen) atoms. The molecule has 2 atom stereocenters. The molecule has 0 bridgehead atoms. The molecule has 2 rings (SSSR count). The molecule has 1 aliphatic heterocycles. The summed E-state index contributed by atoms with van der Waals surface area (Å²) < 4.78 is 0. The van der Waals surface area contributed by atoms with Crippen LogP contribution in [0.1, 0.15) is 58.8 Å². The third-order valence-electron chi connectivity index (χ3n) is 5.31. The molecule has 0 amide bonds. The molecule has 0 aromatic rings. The maximum Gasteiger partial charge on any atom is 0.0628 e. The minimum Gasteiger partial charge on any atom is -0.394 e. The molecule has 118 valence electrons. The molecule has 1 aliphatic carbocycles. The van der Waals surface area contributed by atoms with Crippen LogP contribution in [-0.2, 0) is 0 Å². The molecule has 2 fully saturated rings. The van der Waals surface area contributed by atoms with Gasteiger partial charge in [-0.1, -0.05) is 26.7 Å². The van der Waals surface area contributed by atoms with Crippen molar-refractivity contribution in [3.8, 4) is 0 Å². The Balaban J connectivity index is 1.89. The lowest BCUT2D eigenvalue weighted by Gasteiger charge is -2.38. The van der Waals surface area contributed by atoms with Gasteiger partial charge in [-0.25, -0.2) is 0 Å². The molecule has 1 saturated carbocycles. The lowest BCUT2D eigenvalue weighted by atomic mass is 9.93. The minimum absolute atomic E-state index is 0.0284. The molecule has 2 aliphatic rings. The fraction of sp³-hybridized carbons (Fsp3) is 1.00. The summed E-state index contributed by atoms with van der Waals surface area (Å²) >= 11 is 0. The van der Waals surface area contributed by atoms with E-state index >= 15 is 0 Å². The maximum absolute atomic E-state index is 9.97. The van der Waals surface area contributed by atoms with Gasteiger partial charge in [0.2, 0.25) is 0 Å². The van der Waals surface area contributed by atoms with Crippen molar-refractivity contribution in [3.63, 3.8) is 0 Å². The zero-order valence-corrected chi connectivity index (χ0v) is 13.5. The second-order valence-corrected chi connectivity index (χ2v) is 6.98. The van der Waals surface area contributed by atoms with Crippen molar-refractivity contribution in [2.24, 2.45) is 11.8 Å². The Kier molecular flexibility index (Phi) is 6.31. The Bertz CT molecular complexity index is 280. The highest BCUT2D eigenvalue weighted by molar-refractivity contribution is 5.02. The van der Waals surface area contributed by atoms with E-state index in [0.717, 1.165) is 19.0 Å². The molecular formula is C17H34N2O. The van der Waals surface area contributed by atoms with Crippen LogP contribution in [0.2, 0.25) is 0 Å². The van der Waals surface area contributed by atoms with Crippen LogP contribution in [-0.4, -0.2) is 48.3 Å². The fourth-order valence-corrected chi connectivity index (χ4v) is 4.03. The van der Waals surface area contributed by atoms with Gasteiger partial charge in [0.1, 0.15) is 0 Å². The van der Waals surface area contributed by atoms with Crippen LogP contribution >= 0.6 is 0 Å². The number of nitrogens with one attached hydrogen (secondary N) is 1. The second-order valence-electron chi connectivity index (χ2n) is 6.98. The number of likely N-dealkylation sites (tertiary alicyclic amines) is 1. The highest BCUT2D eigenvalue weighted by atomic mass is 16.3. The summed E-state index contributed by atoms with van der Waals surface area (Å²) in [5, 5.41) is 13.6. The van der Waals surface area contributed by atoms with E-state index in [-0.39, 0.29) is 5.54 Å². The first-order valence-corrected chi connectivity index (χ1v) is 8.82. The first-order valence-electron chi connectivity index (χ1n) is 8.82. The first kappa shape index (κ1) is 16.3. The van der Waals surface area contributed by atoms with Gasteiger partial charge < -0.3 is 15.3 Å². The number of hydrogen-bond donors (Lipinski definition) is 2. The van der Waals surface area contributed by atoms with Crippen molar-refractivity contribution in [2.75, 3.05) is 32.8 Å². The summed E-state index contributed by atoms with van der Waals surface area (Å²) in [5.41, 5.74) is -0.0284. The minimum atomic E-state index is -0.0284. The summed E-state index contributed by atoms with van der Waals surface area (Å²) in [6, 6.07) is 0. The zero-order valence-electron chi connectivity index (χ0n) is 13.5. The Hall–Kier alpha value is -0.120. The predicted octanol–water partition coefficient (Wildman–Crippen LogP) is 2.64. The van der Waals surface area contributed by atoms with Gasteiger partial charge in [0, 0.05) is 6.54 Å². The highest BCUT2D eigenvalue weighted by Crippen LogP contribution is 2.40. The molecule has 0 aromatic heterocycles. The van der Waals surface area contributed by atoms with Crippen molar-refractivity contribution in [3.05, 3.63) is 0 Å². The number of aliphatic hydroxyl groups is 1. The summed E-state index contributed by atoms with van der Waals surface area (Å²) in [7, 11) is 0. The Morgan fingerprint density at radius 3 is 2.55 bits per heavy atom. The van der Waals surface area contributed by atoms with Crippen LogP contribution in [0.15, 0.2) is 0 Å². The van der Waals surface area contributed by atoms with Gasteiger partial charge in [-0.15, -0.1) is 0 Å². The summed E-state index contributed by atoms with van der Waals surface area (Å²) in [6.45, 7) is 9.21. The molecule has 1 heterocycles. The van der Waals surface area contributed by atoms with Gasteiger partial charge >= 0.3 is 0 Å². The van der Waals surface area contributed by atoms with Crippen LogP contribution in [0, 0.1) is 11.8 Å². The molecule has 2 unspecified atom stereocenters. The molecule has 0 spiro atoms. The van der Waals surface area contributed by atoms with E-state index in [0.29, 0.717) is 12.5 Å². The molecule has 3 nitrogen and oxygen atoms in total. The van der Waals surface area contributed by atoms with Crippen LogP contribution in [0.3, 0.4) is 0 Å². The second kappa shape index (κ2) is 7.77. The summed E-state index contributed by atoms with van der Waals surface area (Å²) in [4.78, 5) is 2.62. The van der Waals surface area contributed by atoms with E-state index in [2.05, 4.69) is 24.1 Å². The fourth-order valence-electron chi connectivity index (χ4n) is 4.03. The Labute approximate surface area is 125 Å². The van der Waals surface area contributed by atoms with Gasteiger partial charge in [-0.3, -0.25) is 0 Å². The number of rotatable bonds is 8. The van der Waals surface area contributed by atoms with Crippen molar-refractivity contribution in [2.45, 2.75) is 64.3 Å². The highest BCUT2D eigenvalue weighted by Gasteiger charge is 2.45. The number of hydrogen-bond acceptors (Lipinski definition) is 3. The van der Waals surface area contributed by atoms with Gasteiger partial charge in [0.05, 0.1) is 12.1 Å². The average Bonchev–Trinajstić information content (AvgIpc) is 3.27. The number of likely N-dealkylation sites (N-methyl/N-ethyl adjacent to an activating group) is 1. The van der Waals surface area contributed by atoms with Crippen molar-refractivity contribution in [1.82, 2.24) is 10.2 Å². The lowest BCUT2D eigenvalue weighted by molar-refractivity contribution is 0.0927. The Morgan fingerprint density at radius 1 is 1.15 bits per heavy atom. The van der Waals surface area contributed by atoms with E-state index in [4.69, 9.17) is 0 Å². The van der Waals surface area contributed by atoms with Crippen molar-refractivity contribution in [1.29, 1.82) is 0 Å². The van der Waals surface area contributed by atoms with Gasteiger partial charge in [0.25, 0.3) is 0 Å². The van der Waals surface area contributed by atoms with Crippen LogP contribution in [0.5, 0.6) is 0 Å². The Morgan fingerprint density at radius 2 is 1.95 bits per heavy atom. The van der Waals surface area contributed by atoms with E-state index in [1.807, 2.05) is 0 Å².